The van der Waals surface area contributed by atoms with Crippen molar-refractivity contribution in [3.8, 4) is 5.75 Å². The zero-order valence-corrected chi connectivity index (χ0v) is 11.3. The van der Waals surface area contributed by atoms with Crippen LogP contribution in [-0.4, -0.2) is 17.6 Å². The van der Waals surface area contributed by atoms with Crippen LogP contribution < -0.4 is 11.1 Å². The normalized spacial score (nSPS) is 11.3. The summed E-state index contributed by atoms with van der Waals surface area (Å²) in [5.41, 5.74) is 6.86. The van der Waals surface area contributed by atoms with E-state index in [0.717, 1.165) is 5.56 Å². The summed E-state index contributed by atoms with van der Waals surface area (Å²) in [5, 5.41) is 12.4. The van der Waals surface area contributed by atoms with E-state index in [9.17, 15) is 9.90 Å². The van der Waals surface area contributed by atoms with Crippen LogP contribution in [0.4, 0.5) is 5.69 Å². The molecule has 1 aromatic rings. The summed E-state index contributed by atoms with van der Waals surface area (Å²) in [6, 6.07) is 5.29. The van der Waals surface area contributed by atoms with Gasteiger partial charge in [0.1, 0.15) is 5.75 Å². The second-order valence-corrected chi connectivity index (χ2v) is 5.42. The molecule has 1 rings (SSSR count). The van der Waals surface area contributed by atoms with Gasteiger partial charge in [0.15, 0.2) is 0 Å². The van der Waals surface area contributed by atoms with Crippen molar-refractivity contribution in [2.24, 2.45) is 5.73 Å². The van der Waals surface area contributed by atoms with Gasteiger partial charge in [0.05, 0.1) is 5.69 Å². The Hall–Kier alpha value is -1.55. The lowest BCUT2D eigenvalue weighted by Crippen LogP contribution is -2.15. The number of aromatic hydroxyl groups is 1. The number of nitrogens with one attached hydrogen (secondary N) is 1. The minimum Gasteiger partial charge on any atom is -0.506 e. The summed E-state index contributed by atoms with van der Waals surface area (Å²) < 4.78 is 0. The van der Waals surface area contributed by atoms with Crippen LogP contribution in [0.25, 0.3) is 0 Å². The fourth-order valence-electron chi connectivity index (χ4n) is 1.58. The molecule has 0 fully saturated rings. The van der Waals surface area contributed by atoms with Gasteiger partial charge in [-0.05, 0) is 36.1 Å². The highest BCUT2D eigenvalue weighted by molar-refractivity contribution is 5.92. The van der Waals surface area contributed by atoms with E-state index in [1.165, 1.54) is 0 Å². The first kappa shape index (κ1) is 14.5. The summed E-state index contributed by atoms with van der Waals surface area (Å²) in [7, 11) is 0. The lowest BCUT2D eigenvalue weighted by Gasteiger charge is -2.20. The topological polar surface area (TPSA) is 75.3 Å². The third-order valence-electron chi connectivity index (χ3n) is 2.74. The molecular weight excluding hydrogens is 228 g/mol. The Bertz CT molecular complexity index is 422. The molecule has 0 saturated heterocycles. The molecule has 100 valence electrons. The third-order valence-corrected chi connectivity index (χ3v) is 2.74. The molecule has 0 unspecified atom stereocenters. The molecule has 0 atom stereocenters. The Balaban J connectivity index is 2.85. The number of amides is 1. The van der Waals surface area contributed by atoms with Gasteiger partial charge in [0.2, 0.25) is 5.91 Å². The molecule has 0 saturated carbocycles. The van der Waals surface area contributed by atoms with Crippen molar-refractivity contribution in [3.05, 3.63) is 23.8 Å². The standard InChI is InChI=1S/C14H22N2O2/c1-14(2,3)10-6-7-12(17)11(9-10)16-13(18)5-4-8-15/h6-7,9,17H,4-5,8,15H2,1-3H3,(H,16,18). The van der Waals surface area contributed by atoms with E-state index in [4.69, 9.17) is 5.73 Å². The van der Waals surface area contributed by atoms with Gasteiger partial charge in [0, 0.05) is 6.42 Å². The maximum absolute atomic E-state index is 11.6. The summed E-state index contributed by atoms with van der Waals surface area (Å²) >= 11 is 0. The van der Waals surface area contributed by atoms with Crippen LogP contribution >= 0.6 is 0 Å². The molecule has 0 aliphatic carbocycles. The molecular formula is C14H22N2O2. The Labute approximate surface area is 108 Å². The van der Waals surface area contributed by atoms with E-state index in [-0.39, 0.29) is 17.1 Å². The predicted octanol–water partition coefficient (Wildman–Crippen LogP) is 2.37. The molecule has 4 heteroatoms. The molecule has 0 radical (unpaired) electrons. The van der Waals surface area contributed by atoms with Crippen molar-refractivity contribution in [3.63, 3.8) is 0 Å². The number of anilines is 1. The van der Waals surface area contributed by atoms with Gasteiger partial charge in [-0.2, -0.15) is 0 Å². The Morgan fingerprint density at radius 3 is 2.61 bits per heavy atom. The minimum atomic E-state index is -0.123. The maximum atomic E-state index is 11.6. The summed E-state index contributed by atoms with van der Waals surface area (Å²) in [6.45, 7) is 6.74. The van der Waals surface area contributed by atoms with Gasteiger partial charge in [-0.25, -0.2) is 0 Å². The van der Waals surface area contributed by atoms with Gasteiger partial charge < -0.3 is 16.2 Å². The van der Waals surface area contributed by atoms with Crippen molar-refractivity contribution in [1.29, 1.82) is 0 Å². The van der Waals surface area contributed by atoms with Crippen LogP contribution in [0.15, 0.2) is 18.2 Å². The molecule has 0 spiro atoms. The van der Waals surface area contributed by atoms with E-state index in [1.54, 1.807) is 6.07 Å². The van der Waals surface area contributed by atoms with Crippen molar-refractivity contribution < 1.29 is 9.90 Å². The first-order valence-corrected chi connectivity index (χ1v) is 6.18. The molecule has 1 aromatic carbocycles. The van der Waals surface area contributed by atoms with Crippen molar-refractivity contribution in [1.82, 2.24) is 0 Å². The van der Waals surface area contributed by atoms with Crippen LogP contribution in [0.1, 0.15) is 39.2 Å². The number of hydrogen-bond donors (Lipinski definition) is 3. The molecule has 4 N–H and O–H groups in total. The predicted molar refractivity (Wildman–Crippen MR) is 73.7 cm³/mol. The van der Waals surface area contributed by atoms with E-state index in [1.807, 2.05) is 12.1 Å². The minimum absolute atomic E-state index is 0.0234. The summed E-state index contributed by atoms with van der Waals surface area (Å²) in [4.78, 5) is 11.6. The Kier molecular flexibility index (Phi) is 4.73. The lowest BCUT2D eigenvalue weighted by atomic mass is 9.87. The van der Waals surface area contributed by atoms with Crippen LogP contribution in [0.2, 0.25) is 0 Å². The first-order chi connectivity index (χ1) is 8.34. The maximum Gasteiger partial charge on any atom is 0.224 e. The van der Waals surface area contributed by atoms with Crippen LogP contribution in [0.3, 0.4) is 0 Å². The van der Waals surface area contributed by atoms with Crippen LogP contribution in [0, 0.1) is 0 Å². The average Bonchev–Trinajstić information content (AvgIpc) is 2.28. The number of carbonyl (C=O) groups excluding carboxylic acids is 1. The van der Waals surface area contributed by atoms with Gasteiger partial charge in [-0.3, -0.25) is 4.79 Å². The number of phenolic OH excluding ortho intramolecular Hbond substituents is 1. The molecule has 1 amide bonds. The monoisotopic (exact) mass is 250 g/mol. The number of phenols is 1. The highest BCUT2D eigenvalue weighted by atomic mass is 16.3. The quantitative estimate of drug-likeness (QED) is 0.718. The van der Waals surface area contributed by atoms with Crippen molar-refractivity contribution in [2.75, 3.05) is 11.9 Å². The fourth-order valence-corrected chi connectivity index (χ4v) is 1.58. The largest absolute Gasteiger partial charge is 0.506 e. The molecule has 4 nitrogen and oxygen atoms in total. The summed E-state index contributed by atoms with van der Waals surface area (Å²) in [6.07, 6.45) is 1.02. The lowest BCUT2D eigenvalue weighted by molar-refractivity contribution is -0.116. The van der Waals surface area contributed by atoms with Gasteiger partial charge in [-0.1, -0.05) is 26.8 Å². The molecule has 0 bridgehead atoms. The molecule has 18 heavy (non-hydrogen) atoms. The number of carbonyl (C=O) groups is 1. The fraction of sp³-hybridized carbons (Fsp3) is 0.500. The second kappa shape index (κ2) is 5.87. The smallest absolute Gasteiger partial charge is 0.224 e. The van der Waals surface area contributed by atoms with Crippen molar-refractivity contribution in [2.45, 2.75) is 39.0 Å². The number of benzene rings is 1. The van der Waals surface area contributed by atoms with Gasteiger partial charge >= 0.3 is 0 Å². The molecule has 0 aliphatic rings. The van der Waals surface area contributed by atoms with E-state index >= 15 is 0 Å². The Morgan fingerprint density at radius 2 is 2.06 bits per heavy atom. The first-order valence-electron chi connectivity index (χ1n) is 6.18. The van der Waals surface area contributed by atoms with Crippen LogP contribution in [-0.2, 0) is 10.2 Å². The highest BCUT2D eigenvalue weighted by Crippen LogP contribution is 2.30. The molecule has 0 aromatic heterocycles. The van der Waals surface area contributed by atoms with Crippen LogP contribution in [0.5, 0.6) is 5.75 Å². The van der Waals surface area contributed by atoms with E-state index in [2.05, 4.69) is 26.1 Å². The number of hydrogen-bond acceptors (Lipinski definition) is 3. The van der Waals surface area contributed by atoms with Gasteiger partial charge in [0.25, 0.3) is 0 Å². The third kappa shape index (κ3) is 4.04. The number of nitrogens with two attached hydrogens (primary N) is 1. The summed E-state index contributed by atoms with van der Waals surface area (Å²) in [5.74, 6) is -0.0362. The number of rotatable bonds is 4. The van der Waals surface area contributed by atoms with Gasteiger partial charge in [-0.15, -0.1) is 0 Å². The zero-order chi connectivity index (χ0) is 13.8. The molecule has 0 aliphatic heterocycles. The second-order valence-electron chi connectivity index (χ2n) is 5.42. The Morgan fingerprint density at radius 1 is 1.39 bits per heavy atom. The van der Waals surface area contributed by atoms with Crippen molar-refractivity contribution >= 4 is 11.6 Å². The SMILES string of the molecule is CC(C)(C)c1ccc(O)c(NC(=O)CCCN)c1. The molecule has 0 heterocycles. The average molecular weight is 250 g/mol. The highest BCUT2D eigenvalue weighted by Gasteiger charge is 2.16. The van der Waals surface area contributed by atoms with E-state index < -0.39 is 0 Å². The van der Waals surface area contributed by atoms with E-state index in [0.29, 0.717) is 25.1 Å². The zero-order valence-electron chi connectivity index (χ0n) is 11.3.